The van der Waals surface area contributed by atoms with Crippen molar-refractivity contribution in [1.82, 2.24) is 25.1 Å². The lowest BCUT2D eigenvalue weighted by Gasteiger charge is -2.21. The second kappa shape index (κ2) is 14.7. The predicted octanol–water partition coefficient (Wildman–Crippen LogP) is 4.98. The number of nitrogens with zero attached hydrogens (tertiary/aromatic N) is 4. The van der Waals surface area contributed by atoms with Crippen LogP contribution in [0.2, 0.25) is 0 Å². The number of hydrogen-bond acceptors (Lipinski definition) is 8. The average molecular weight is 619 g/mol. The molecule has 0 aliphatic heterocycles. The number of rotatable bonds is 10. The van der Waals surface area contributed by atoms with Gasteiger partial charge in [0.1, 0.15) is 17.6 Å². The van der Waals surface area contributed by atoms with E-state index in [-0.39, 0.29) is 29.1 Å². The molecular weight excluding hydrogens is 589 g/mol. The SMILES string of the molecule is CCCC(F)CN(C)/C=C\c1cc(-c2ncc([C@](C)(O)C(F)F)cn2)c(F)cc1C=O.Nc1cn[nH]c(=O)c1C(F)(F)F. The van der Waals surface area contributed by atoms with Crippen LogP contribution >= 0.6 is 0 Å². The van der Waals surface area contributed by atoms with Gasteiger partial charge in [0, 0.05) is 37.1 Å². The van der Waals surface area contributed by atoms with E-state index in [1.807, 2.05) is 6.92 Å². The van der Waals surface area contributed by atoms with Gasteiger partial charge in [-0.25, -0.2) is 32.6 Å². The van der Waals surface area contributed by atoms with Crippen molar-refractivity contribution in [2.24, 2.45) is 0 Å². The standard InChI is InChI=1S/C22H25F4N3O2.C5H4F3N3O/c1-4-5-17(23)12-29(3)7-6-14-8-18(19(24)9-15(14)13-30)20-27-10-16(11-28-20)22(2,31)21(25)26;6-5(7,8)3-2(9)1-10-11-4(3)12/h6-11,13,17,21,31H,4-5,12H2,1-3H3;1H,(H3,9,11,12)/b7-6-;/t17?,22-;/m0./s1. The lowest BCUT2D eigenvalue weighted by molar-refractivity contribution is -0.138. The summed E-state index contributed by atoms with van der Waals surface area (Å²) in [6, 6.07) is 2.37. The summed E-state index contributed by atoms with van der Waals surface area (Å²) in [5.74, 6) is -0.869. The van der Waals surface area contributed by atoms with Crippen LogP contribution in [0, 0.1) is 5.82 Å². The molecule has 0 spiro atoms. The monoisotopic (exact) mass is 618 g/mol. The van der Waals surface area contributed by atoms with Crippen LogP contribution in [0.25, 0.3) is 17.5 Å². The summed E-state index contributed by atoms with van der Waals surface area (Å²) < 4.78 is 90.2. The van der Waals surface area contributed by atoms with E-state index in [1.54, 1.807) is 29.3 Å². The normalized spacial score (nSPS) is 13.8. The number of halogens is 7. The fourth-order valence-electron chi connectivity index (χ4n) is 3.57. The number of nitrogens with two attached hydrogens (primary N) is 1. The van der Waals surface area contributed by atoms with Crippen molar-refractivity contribution >= 4 is 18.0 Å². The van der Waals surface area contributed by atoms with Crippen LogP contribution in [0.1, 0.15) is 53.7 Å². The van der Waals surface area contributed by atoms with Gasteiger partial charge >= 0.3 is 6.18 Å². The zero-order valence-electron chi connectivity index (χ0n) is 23.2. The minimum atomic E-state index is -4.74. The lowest BCUT2D eigenvalue weighted by Crippen LogP contribution is -2.30. The van der Waals surface area contributed by atoms with E-state index >= 15 is 0 Å². The number of aldehydes is 1. The van der Waals surface area contributed by atoms with Gasteiger partial charge in [0.25, 0.3) is 12.0 Å². The van der Waals surface area contributed by atoms with Crippen LogP contribution in [0.3, 0.4) is 0 Å². The first-order chi connectivity index (χ1) is 20.0. The zero-order valence-corrected chi connectivity index (χ0v) is 23.2. The van der Waals surface area contributed by atoms with E-state index in [1.165, 1.54) is 6.07 Å². The zero-order chi connectivity index (χ0) is 32.5. The van der Waals surface area contributed by atoms with Crippen LogP contribution in [0.5, 0.6) is 0 Å². The number of H-pyrrole nitrogens is 1. The van der Waals surface area contributed by atoms with E-state index in [9.17, 15) is 45.4 Å². The van der Waals surface area contributed by atoms with Gasteiger partial charge in [-0.15, -0.1) is 0 Å². The van der Waals surface area contributed by atoms with E-state index in [0.717, 1.165) is 38.0 Å². The highest BCUT2D eigenvalue weighted by Crippen LogP contribution is 2.30. The summed E-state index contributed by atoms with van der Waals surface area (Å²) in [4.78, 5) is 31.3. The minimum absolute atomic E-state index is 0.0505. The van der Waals surface area contributed by atoms with Crippen molar-refractivity contribution in [1.29, 1.82) is 0 Å². The molecule has 234 valence electrons. The molecule has 0 saturated heterocycles. The Morgan fingerprint density at radius 1 is 1.12 bits per heavy atom. The minimum Gasteiger partial charge on any atom is -0.397 e. The fourth-order valence-corrected chi connectivity index (χ4v) is 3.57. The van der Waals surface area contributed by atoms with Crippen molar-refractivity contribution < 1.29 is 40.6 Å². The lowest BCUT2D eigenvalue weighted by atomic mass is 9.99. The largest absolute Gasteiger partial charge is 0.423 e. The molecule has 0 aliphatic carbocycles. The molecule has 2 aromatic heterocycles. The van der Waals surface area contributed by atoms with Gasteiger partial charge < -0.3 is 15.7 Å². The van der Waals surface area contributed by atoms with Gasteiger partial charge in [-0.1, -0.05) is 13.3 Å². The summed E-state index contributed by atoms with van der Waals surface area (Å²) in [6.45, 7) is 2.99. The van der Waals surface area contributed by atoms with Crippen LogP contribution in [-0.2, 0) is 11.8 Å². The number of anilines is 1. The number of carbonyl (C=O) groups is 1. The third-order valence-corrected chi connectivity index (χ3v) is 5.97. The predicted molar refractivity (Wildman–Crippen MR) is 144 cm³/mol. The highest BCUT2D eigenvalue weighted by atomic mass is 19.4. The first-order valence-electron chi connectivity index (χ1n) is 12.6. The fraction of sp³-hybridized carbons (Fsp3) is 0.370. The molecule has 43 heavy (non-hydrogen) atoms. The van der Waals surface area contributed by atoms with Crippen molar-refractivity contribution in [2.75, 3.05) is 19.3 Å². The third-order valence-electron chi connectivity index (χ3n) is 5.97. The van der Waals surface area contributed by atoms with E-state index in [4.69, 9.17) is 5.73 Å². The molecule has 1 aromatic carbocycles. The van der Waals surface area contributed by atoms with Crippen LogP contribution in [-0.4, -0.2) is 62.6 Å². The number of benzene rings is 1. The Morgan fingerprint density at radius 2 is 1.74 bits per heavy atom. The van der Waals surface area contributed by atoms with Gasteiger partial charge in [0.05, 0.1) is 17.4 Å². The molecule has 0 aliphatic rings. The summed E-state index contributed by atoms with van der Waals surface area (Å²) in [7, 11) is 1.68. The number of aliphatic hydroxyl groups is 1. The summed E-state index contributed by atoms with van der Waals surface area (Å²) in [6.07, 6.45) is -1.27. The highest BCUT2D eigenvalue weighted by Gasteiger charge is 2.36. The molecule has 1 unspecified atom stereocenters. The number of alkyl halides is 6. The maximum Gasteiger partial charge on any atom is 0.423 e. The molecule has 4 N–H and O–H groups in total. The third kappa shape index (κ3) is 9.33. The van der Waals surface area contributed by atoms with Crippen LogP contribution in [0.15, 0.2) is 41.7 Å². The number of nitrogen functional groups attached to an aromatic ring is 1. The van der Waals surface area contributed by atoms with Crippen LogP contribution in [0.4, 0.5) is 36.4 Å². The molecule has 3 rings (SSSR count). The highest BCUT2D eigenvalue weighted by molar-refractivity contribution is 5.84. The number of aromatic nitrogens is 4. The molecule has 0 fully saturated rings. The van der Waals surface area contributed by atoms with Crippen molar-refractivity contribution in [3.05, 3.63) is 75.3 Å². The smallest absolute Gasteiger partial charge is 0.397 e. The maximum atomic E-state index is 14.5. The summed E-state index contributed by atoms with van der Waals surface area (Å²) >= 11 is 0. The summed E-state index contributed by atoms with van der Waals surface area (Å²) in [5, 5.41) is 14.6. The Morgan fingerprint density at radius 3 is 2.23 bits per heavy atom. The van der Waals surface area contributed by atoms with Gasteiger partial charge in [-0.3, -0.25) is 9.59 Å². The number of nitrogens with one attached hydrogen (secondary N) is 1. The van der Waals surface area contributed by atoms with E-state index < -0.39 is 47.0 Å². The van der Waals surface area contributed by atoms with E-state index in [2.05, 4.69) is 15.1 Å². The Labute approximate surface area is 241 Å². The molecule has 9 nitrogen and oxygen atoms in total. The first kappa shape index (κ1) is 34.9. The van der Waals surface area contributed by atoms with Crippen molar-refractivity contribution in [3.8, 4) is 11.4 Å². The molecule has 2 heterocycles. The van der Waals surface area contributed by atoms with E-state index in [0.29, 0.717) is 18.3 Å². The second-order valence-electron chi connectivity index (χ2n) is 9.49. The van der Waals surface area contributed by atoms with Crippen molar-refractivity contribution in [3.63, 3.8) is 0 Å². The maximum absolute atomic E-state index is 14.5. The molecule has 0 saturated carbocycles. The molecular formula is C27H29F7N6O3. The Bertz CT molecular complexity index is 1460. The van der Waals surface area contributed by atoms with Gasteiger partial charge in [0.2, 0.25) is 0 Å². The van der Waals surface area contributed by atoms with Gasteiger partial charge in [-0.2, -0.15) is 18.3 Å². The molecule has 2 atom stereocenters. The topological polar surface area (TPSA) is 138 Å². The quantitative estimate of drug-likeness (QED) is 0.214. The molecule has 0 bridgehead atoms. The second-order valence-corrected chi connectivity index (χ2v) is 9.49. The summed E-state index contributed by atoms with van der Waals surface area (Å²) in [5.41, 5.74) is -0.780. The van der Waals surface area contributed by atoms with Gasteiger partial charge in [0.15, 0.2) is 17.7 Å². The Kier molecular flexibility index (Phi) is 11.9. The number of hydrogen-bond donors (Lipinski definition) is 3. The molecule has 0 radical (unpaired) electrons. The molecule has 16 heteroatoms. The Balaban J connectivity index is 0.000000448. The first-order valence-corrected chi connectivity index (χ1v) is 12.6. The van der Waals surface area contributed by atoms with Gasteiger partial charge in [-0.05, 0) is 43.3 Å². The van der Waals surface area contributed by atoms with Crippen LogP contribution < -0.4 is 11.3 Å². The van der Waals surface area contributed by atoms with Crippen molar-refractivity contribution in [2.45, 2.75) is 51.1 Å². The molecule has 0 amide bonds. The average Bonchev–Trinajstić information content (AvgIpc) is 2.91. The molecule has 3 aromatic rings. The number of aromatic amines is 1. The number of carbonyl (C=O) groups excluding carboxylic acids is 1. The Hall–Kier alpha value is -4.34.